The smallest absolute Gasteiger partial charge is 0.242 e. The second-order valence-corrected chi connectivity index (χ2v) is 4.21. The van der Waals surface area contributed by atoms with E-state index >= 15 is 0 Å². The fourth-order valence-electron chi connectivity index (χ4n) is 1.77. The topological polar surface area (TPSA) is 70.7 Å². The van der Waals surface area contributed by atoms with E-state index in [0.717, 1.165) is 26.2 Å². The molecule has 2 N–H and O–H groups in total. The molecule has 0 saturated carbocycles. The number of nitrogens with one attached hydrogen (secondary N) is 2. The van der Waals surface area contributed by atoms with Crippen molar-refractivity contribution in [1.82, 2.24) is 15.5 Å². The van der Waals surface area contributed by atoms with E-state index in [2.05, 4.69) is 10.6 Å². The quantitative estimate of drug-likeness (QED) is 0.595. The molecule has 18 heavy (non-hydrogen) atoms. The van der Waals surface area contributed by atoms with Gasteiger partial charge in [-0.25, -0.2) is 0 Å². The van der Waals surface area contributed by atoms with Crippen LogP contribution in [0, 0.1) is 0 Å². The van der Waals surface area contributed by atoms with Gasteiger partial charge in [0.1, 0.15) is 0 Å². The Morgan fingerprint density at radius 1 is 1.33 bits per heavy atom. The zero-order valence-corrected chi connectivity index (χ0v) is 11.0. The lowest BCUT2D eigenvalue weighted by Gasteiger charge is -2.27. The Hall–Kier alpha value is -1.14. The summed E-state index contributed by atoms with van der Waals surface area (Å²) in [4.78, 5) is 25.0. The minimum absolute atomic E-state index is 0.00495. The van der Waals surface area contributed by atoms with E-state index in [-0.39, 0.29) is 18.4 Å². The van der Waals surface area contributed by atoms with Gasteiger partial charge in [0, 0.05) is 45.8 Å². The van der Waals surface area contributed by atoms with Gasteiger partial charge in [-0.2, -0.15) is 0 Å². The highest BCUT2D eigenvalue weighted by Crippen LogP contribution is 1.94. The molecule has 6 heteroatoms. The highest BCUT2D eigenvalue weighted by atomic mass is 16.5. The predicted octanol–water partition coefficient (Wildman–Crippen LogP) is -0.649. The van der Waals surface area contributed by atoms with Crippen molar-refractivity contribution in [3.8, 4) is 0 Å². The summed E-state index contributed by atoms with van der Waals surface area (Å²) in [6.07, 6.45) is 1.11. The zero-order chi connectivity index (χ0) is 13.2. The molecule has 0 atom stereocenters. The first-order valence-electron chi connectivity index (χ1n) is 6.57. The van der Waals surface area contributed by atoms with Crippen molar-refractivity contribution in [3.05, 3.63) is 0 Å². The molecule has 0 unspecified atom stereocenters. The van der Waals surface area contributed by atoms with Gasteiger partial charge in [0.05, 0.1) is 6.54 Å². The molecule has 1 aliphatic heterocycles. The van der Waals surface area contributed by atoms with E-state index < -0.39 is 0 Å². The maximum absolute atomic E-state index is 11.7. The predicted molar refractivity (Wildman–Crippen MR) is 68.2 cm³/mol. The lowest BCUT2D eigenvalue weighted by molar-refractivity contribution is -0.133. The lowest BCUT2D eigenvalue weighted by Crippen LogP contribution is -2.49. The molecule has 1 rings (SSSR count). The van der Waals surface area contributed by atoms with Gasteiger partial charge in [-0.1, -0.05) is 0 Å². The average molecular weight is 257 g/mol. The van der Waals surface area contributed by atoms with Crippen LogP contribution in [0.4, 0.5) is 0 Å². The normalized spacial score (nSPS) is 15.5. The molecule has 0 spiro atoms. The fraction of sp³-hybridized carbons (Fsp3) is 0.833. The number of carbonyl (C=O) groups excluding carboxylic acids is 2. The molecule has 6 nitrogen and oxygen atoms in total. The van der Waals surface area contributed by atoms with E-state index in [1.165, 1.54) is 0 Å². The number of hydrogen-bond acceptors (Lipinski definition) is 4. The van der Waals surface area contributed by atoms with Crippen LogP contribution in [0.1, 0.15) is 19.8 Å². The minimum atomic E-state index is -0.0850. The van der Waals surface area contributed by atoms with E-state index in [9.17, 15) is 9.59 Å². The van der Waals surface area contributed by atoms with Crippen LogP contribution in [-0.2, 0) is 14.3 Å². The molecule has 1 heterocycles. The van der Waals surface area contributed by atoms with Crippen LogP contribution in [0.3, 0.4) is 0 Å². The van der Waals surface area contributed by atoms with Gasteiger partial charge in [0.2, 0.25) is 11.8 Å². The Morgan fingerprint density at radius 2 is 2.06 bits per heavy atom. The summed E-state index contributed by atoms with van der Waals surface area (Å²) < 4.78 is 5.14. The molecule has 2 amide bonds. The van der Waals surface area contributed by atoms with Crippen molar-refractivity contribution in [2.45, 2.75) is 19.8 Å². The highest BCUT2D eigenvalue weighted by molar-refractivity contribution is 5.84. The third-order valence-electron chi connectivity index (χ3n) is 2.80. The summed E-state index contributed by atoms with van der Waals surface area (Å²) in [5.74, 6) is -0.0900. The van der Waals surface area contributed by atoms with Gasteiger partial charge in [-0.05, 0) is 13.3 Å². The first kappa shape index (κ1) is 14.9. The first-order chi connectivity index (χ1) is 8.74. The molecule has 1 saturated heterocycles. The summed E-state index contributed by atoms with van der Waals surface area (Å²) >= 11 is 0. The number of amides is 2. The van der Waals surface area contributed by atoms with Crippen LogP contribution in [0.2, 0.25) is 0 Å². The summed E-state index contributed by atoms with van der Waals surface area (Å²) in [6.45, 7) is 6.39. The second-order valence-electron chi connectivity index (χ2n) is 4.21. The summed E-state index contributed by atoms with van der Waals surface area (Å²) in [5, 5.41) is 5.83. The molecule has 0 aliphatic carbocycles. The van der Waals surface area contributed by atoms with Crippen LogP contribution in [0.5, 0.6) is 0 Å². The van der Waals surface area contributed by atoms with Crippen molar-refractivity contribution < 1.29 is 14.3 Å². The molecular formula is C12H23N3O3. The number of ether oxygens (including phenoxy) is 1. The zero-order valence-electron chi connectivity index (χ0n) is 11.0. The summed E-state index contributed by atoms with van der Waals surface area (Å²) in [5.41, 5.74) is 0. The number of rotatable bonds is 7. The number of hydrogen-bond donors (Lipinski definition) is 2. The summed E-state index contributed by atoms with van der Waals surface area (Å²) in [6, 6.07) is 0. The third-order valence-corrected chi connectivity index (χ3v) is 2.80. The van der Waals surface area contributed by atoms with E-state index in [0.29, 0.717) is 26.1 Å². The average Bonchev–Trinajstić information content (AvgIpc) is 2.42. The standard InChI is InChI=1S/C12H23N3O3/c1-2-18-9-3-4-11(16)14-10-12(17)15-7-5-13-6-8-15/h13H,2-10H2,1H3,(H,14,16). The molecule has 0 aromatic rings. The second kappa shape index (κ2) is 8.88. The Balaban J connectivity index is 2.07. The van der Waals surface area contributed by atoms with E-state index in [4.69, 9.17) is 4.74 Å². The van der Waals surface area contributed by atoms with Crippen molar-refractivity contribution in [2.24, 2.45) is 0 Å². The van der Waals surface area contributed by atoms with E-state index in [1.807, 2.05) is 6.92 Å². The number of nitrogens with zero attached hydrogens (tertiary/aromatic N) is 1. The number of piperazine rings is 1. The Morgan fingerprint density at radius 3 is 2.72 bits per heavy atom. The van der Waals surface area contributed by atoms with Gasteiger partial charge in [-0.3, -0.25) is 9.59 Å². The molecule has 1 aliphatic rings. The maximum atomic E-state index is 11.7. The van der Waals surface area contributed by atoms with E-state index in [1.54, 1.807) is 4.90 Å². The third kappa shape index (κ3) is 5.97. The minimum Gasteiger partial charge on any atom is -0.382 e. The van der Waals surface area contributed by atoms with Gasteiger partial charge in [-0.15, -0.1) is 0 Å². The van der Waals surface area contributed by atoms with Crippen LogP contribution in [0.15, 0.2) is 0 Å². The Bertz CT molecular complexity index is 265. The van der Waals surface area contributed by atoms with Crippen molar-refractivity contribution in [3.63, 3.8) is 0 Å². The van der Waals surface area contributed by atoms with Gasteiger partial charge in [0.25, 0.3) is 0 Å². The first-order valence-corrected chi connectivity index (χ1v) is 6.57. The van der Waals surface area contributed by atoms with Crippen LogP contribution < -0.4 is 10.6 Å². The Kier molecular flexibility index (Phi) is 7.36. The molecule has 0 aromatic heterocycles. The molecule has 0 aromatic carbocycles. The van der Waals surface area contributed by atoms with Crippen molar-refractivity contribution >= 4 is 11.8 Å². The molecule has 0 radical (unpaired) electrons. The lowest BCUT2D eigenvalue weighted by atomic mass is 10.3. The summed E-state index contributed by atoms with van der Waals surface area (Å²) in [7, 11) is 0. The van der Waals surface area contributed by atoms with Gasteiger partial charge >= 0.3 is 0 Å². The van der Waals surface area contributed by atoms with Crippen molar-refractivity contribution in [1.29, 1.82) is 0 Å². The van der Waals surface area contributed by atoms with Crippen molar-refractivity contribution in [2.75, 3.05) is 45.9 Å². The molecule has 0 bridgehead atoms. The highest BCUT2D eigenvalue weighted by Gasteiger charge is 2.16. The van der Waals surface area contributed by atoms with Crippen LogP contribution in [-0.4, -0.2) is 62.7 Å². The Labute approximate surface area is 108 Å². The van der Waals surface area contributed by atoms with Crippen LogP contribution >= 0.6 is 0 Å². The van der Waals surface area contributed by atoms with Crippen LogP contribution in [0.25, 0.3) is 0 Å². The van der Waals surface area contributed by atoms with Gasteiger partial charge in [0.15, 0.2) is 0 Å². The maximum Gasteiger partial charge on any atom is 0.242 e. The molecule has 104 valence electrons. The number of carbonyl (C=O) groups is 2. The van der Waals surface area contributed by atoms with Gasteiger partial charge < -0.3 is 20.3 Å². The largest absolute Gasteiger partial charge is 0.382 e. The molecular weight excluding hydrogens is 234 g/mol. The SMILES string of the molecule is CCOCCCC(=O)NCC(=O)N1CCNCC1. The molecule has 1 fully saturated rings. The fourth-order valence-corrected chi connectivity index (χ4v) is 1.77. The monoisotopic (exact) mass is 257 g/mol.